The van der Waals surface area contributed by atoms with Crippen LogP contribution < -0.4 is 5.32 Å². The number of fused-ring (bicyclic) bond motifs is 1. The summed E-state index contributed by atoms with van der Waals surface area (Å²) in [6.07, 6.45) is 0.229. The SMILES string of the molecule is O=C1Nc2ccc(Cl)cc2C1(O)Cc1ccccc1. The second-order valence-electron chi connectivity index (χ2n) is 4.67. The Morgan fingerprint density at radius 1 is 1.16 bits per heavy atom. The van der Waals surface area contributed by atoms with Gasteiger partial charge in [0.05, 0.1) is 0 Å². The Hall–Kier alpha value is -1.84. The van der Waals surface area contributed by atoms with Crippen molar-refractivity contribution in [2.75, 3.05) is 5.32 Å². The lowest BCUT2D eigenvalue weighted by molar-refractivity contribution is -0.133. The van der Waals surface area contributed by atoms with E-state index in [2.05, 4.69) is 5.32 Å². The molecular weight excluding hydrogens is 262 g/mol. The predicted molar refractivity (Wildman–Crippen MR) is 74.1 cm³/mol. The molecule has 3 rings (SSSR count). The number of aliphatic hydroxyl groups is 1. The van der Waals surface area contributed by atoms with Gasteiger partial charge in [-0.2, -0.15) is 0 Å². The molecule has 2 aromatic rings. The van der Waals surface area contributed by atoms with Gasteiger partial charge in [-0.25, -0.2) is 0 Å². The molecule has 1 amide bonds. The molecule has 1 aliphatic rings. The maximum Gasteiger partial charge on any atom is 0.261 e. The minimum Gasteiger partial charge on any atom is -0.375 e. The Morgan fingerprint density at radius 3 is 2.63 bits per heavy atom. The van der Waals surface area contributed by atoms with Crippen molar-refractivity contribution in [1.29, 1.82) is 0 Å². The zero-order valence-corrected chi connectivity index (χ0v) is 10.8. The van der Waals surface area contributed by atoms with Gasteiger partial charge in [0.25, 0.3) is 5.91 Å². The molecule has 3 nitrogen and oxygen atoms in total. The maximum absolute atomic E-state index is 12.1. The molecule has 19 heavy (non-hydrogen) atoms. The molecule has 0 saturated carbocycles. The summed E-state index contributed by atoms with van der Waals surface area (Å²) in [6, 6.07) is 14.5. The Morgan fingerprint density at radius 2 is 1.89 bits per heavy atom. The van der Waals surface area contributed by atoms with E-state index in [0.29, 0.717) is 16.3 Å². The van der Waals surface area contributed by atoms with Crippen molar-refractivity contribution >= 4 is 23.2 Å². The number of hydrogen-bond acceptors (Lipinski definition) is 2. The fourth-order valence-electron chi connectivity index (χ4n) is 2.38. The molecule has 1 atom stereocenters. The lowest BCUT2D eigenvalue weighted by atomic mass is 9.88. The zero-order chi connectivity index (χ0) is 13.5. The van der Waals surface area contributed by atoms with Crippen molar-refractivity contribution < 1.29 is 9.90 Å². The highest BCUT2D eigenvalue weighted by molar-refractivity contribution is 6.31. The summed E-state index contributed by atoms with van der Waals surface area (Å²) in [5.74, 6) is -0.409. The van der Waals surface area contributed by atoms with Crippen LogP contribution in [0.2, 0.25) is 5.02 Å². The van der Waals surface area contributed by atoms with Gasteiger partial charge in [0.15, 0.2) is 5.60 Å². The van der Waals surface area contributed by atoms with Gasteiger partial charge in [-0.1, -0.05) is 41.9 Å². The molecule has 2 N–H and O–H groups in total. The normalized spacial score (nSPS) is 21.1. The van der Waals surface area contributed by atoms with Gasteiger partial charge in [0.1, 0.15) is 0 Å². The highest BCUT2D eigenvalue weighted by Gasteiger charge is 2.45. The minimum atomic E-state index is -1.55. The van der Waals surface area contributed by atoms with Gasteiger partial charge in [-0.3, -0.25) is 4.79 Å². The summed E-state index contributed by atoms with van der Waals surface area (Å²) in [4.78, 5) is 12.1. The Bertz CT molecular complexity index is 642. The molecular formula is C15H12ClNO2. The molecule has 0 bridgehead atoms. The highest BCUT2D eigenvalue weighted by Crippen LogP contribution is 2.39. The zero-order valence-electron chi connectivity index (χ0n) is 10.1. The fourth-order valence-corrected chi connectivity index (χ4v) is 2.55. The molecule has 0 saturated heterocycles. The second kappa shape index (κ2) is 4.37. The monoisotopic (exact) mass is 273 g/mol. The topological polar surface area (TPSA) is 49.3 Å². The number of nitrogens with one attached hydrogen (secondary N) is 1. The number of halogens is 1. The van der Waals surface area contributed by atoms with E-state index in [0.717, 1.165) is 5.56 Å². The summed E-state index contributed by atoms with van der Waals surface area (Å²) in [5.41, 5.74) is 0.497. The standard InChI is InChI=1S/C15H12ClNO2/c16-11-6-7-13-12(8-11)15(19,14(18)17-13)9-10-4-2-1-3-5-10/h1-8,19H,9H2,(H,17,18). The third-order valence-electron chi connectivity index (χ3n) is 3.35. The van der Waals surface area contributed by atoms with Crippen molar-refractivity contribution in [3.05, 3.63) is 64.7 Å². The second-order valence-corrected chi connectivity index (χ2v) is 5.10. The average Bonchev–Trinajstić information content (AvgIpc) is 2.64. The van der Waals surface area contributed by atoms with E-state index in [9.17, 15) is 9.90 Å². The third-order valence-corrected chi connectivity index (χ3v) is 3.59. The van der Waals surface area contributed by atoms with Crippen molar-refractivity contribution in [1.82, 2.24) is 0 Å². The van der Waals surface area contributed by atoms with Crippen LogP contribution in [-0.2, 0) is 16.8 Å². The van der Waals surface area contributed by atoms with E-state index in [4.69, 9.17) is 11.6 Å². The minimum absolute atomic E-state index is 0.229. The first kappa shape index (κ1) is 12.2. The number of rotatable bonds is 2. The first-order chi connectivity index (χ1) is 9.09. The van der Waals surface area contributed by atoms with E-state index >= 15 is 0 Å². The van der Waals surface area contributed by atoms with Crippen molar-refractivity contribution in [2.24, 2.45) is 0 Å². The summed E-state index contributed by atoms with van der Waals surface area (Å²) >= 11 is 5.95. The van der Waals surface area contributed by atoms with Gasteiger partial charge in [-0.15, -0.1) is 0 Å². The van der Waals surface area contributed by atoms with Crippen LogP contribution in [0, 0.1) is 0 Å². The van der Waals surface area contributed by atoms with Crippen LogP contribution in [0.4, 0.5) is 5.69 Å². The molecule has 0 spiro atoms. The third kappa shape index (κ3) is 2.01. The molecule has 0 aromatic heterocycles. The summed E-state index contributed by atoms with van der Waals surface area (Å²) in [7, 11) is 0. The number of amides is 1. The Labute approximate surface area is 115 Å². The van der Waals surface area contributed by atoms with Crippen LogP contribution in [0.25, 0.3) is 0 Å². The van der Waals surface area contributed by atoms with Crippen LogP contribution in [0.5, 0.6) is 0 Å². The molecule has 0 fully saturated rings. The van der Waals surface area contributed by atoms with Crippen LogP contribution in [0.15, 0.2) is 48.5 Å². The number of carbonyl (C=O) groups is 1. The highest BCUT2D eigenvalue weighted by atomic mass is 35.5. The molecule has 96 valence electrons. The number of benzene rings is 2. The smallest absolute Gasteiger partial charge is 0.261 e. The van der Waals surface area contributed by atoms with E-state index in [1.807, 2.05) is 30.3 Å². The summed E-state index contributed by atoms with van der Waals surface area (Å²) in [6.45, 7) is 0. The van der Waals surface area contributed by atoms with E-state index < -0.39 is 11.5 Å². The van der Waals surface area contributed by atoms with Crippen LogP contribution in [-0.4, -0.2) is 11.0 Å². The first-order valence-corrected chi connectivity index (χ1v) is 6.35. The van der Waals surface area contributed by atoms with Crippen molar-refractivity contribution in [3.8, 4) is 0 Å². The van der Waals surface area contributed by atoms with Crippen LogP contribution in [0.3, 0.4) is 0 Å². The molecule has 1 heterocycles. The van der Waals surface area contributed by atoms with E-state index in [1.54, 1.807) is 18.2 Å². The lowest BCUT2D eigenvalue weighted by Gasteiger charge is -2.21. The van der Waals surface area contributed by atoms with Gasteiger partial charge in [0.2, 0.25) is 0 Å². The Balaban J connectivity index is 2.04. The Kier molecular flexibility index (Phi) is 2.81. The fraction of sp³-hybridized carbons (Fsp3) is 0.133. The van der Waals surface area contributed by atoms with E-state index in [-0.39, 0.29) is 6.42 Å². The number of carbonyl (C=O) groups excluding carboxylic acids is 1. The van der Waals surface area contributed by atoms with Gasteiger partial charge < -0.3 is 10.4 Å². The number of anilines is 1. The molecule has 0 radical (unpaired) electrons. The lowest BCUT2D eigenvalue weighted by Crippen LogP contribution is -2.36. The average molecular weight is 274 g/mol. The van der Waals surface area contributed by atoms with Crippen LogP contribution >= 0.6 is 11.6 Å². The molecule has 2 aromatic carbocycles. The quantitative estimate of drug-likeness (QED) is 0.884. The molecule has 1 unspecified atom stereocenters. The molecule has 1 aliphatic heterocycles. The molecule has 0 aliphatic carbocycles. The predicted octanol–water partition coefficient (Wildman–Crippen LogP) is 2.72. The van der Waals surface area contributed by atoms with E-state index in [1.165, 1.54) is 0 Å². The van der Waals surface area contributed by atoms with Crippen molar-refractivity contribution in [3.63, 3.8) is 0 Å². The first-order valence-electron chi connectivity index (χ1n) is 5.97. The van der Waals surface area contributed by atoms with Crippen molar-refractivity contribution in [2.45, 2.75) is 12.0 Å². The largest absolute Gasteiger partial charge is 0.375 e. The van der Waals surface area contributed by atoms with Gasteiger partial charge in [-0.05, 0) is 23.8 Å². The summed E-state index contributed by atoms with van der Waals surface area (Å²) in [5, 5.41) is 13.9. The summed E-state index contributed by atoms with van der Waals surface area (Å²) < 4.78 is 0. The van der Waals surface area contributed by atoms with Crippen LogP contribution in [0.1, 0.15) is 11.1 Å². The number of hydrogen-bond donors (Lipinski definition) is 2. The molecule has 4 heteroatoms. The van der Waals surface area contributed by atoms with Gasteiger partial charge >= 0.3 is 0 Å². The van der Waals surface area contributed by atoms with Gasteiger partial charge in [0, 0.05) is 22.7 Å². The maximum atomic E-state index is 12.1.